The molecule has 0 aromatic carbocycles. The number of imidazole rings is 1. The number of carbonyl (C=O) groups is 1. The van der Waals surface area contributed by atoms with Crippen LogP contribution in [-0.4, -0.2) is 72.1 Å². The van der Waals surface area contributed by atoms with Gasteiger partial charge in [0.1, 0.15) is 17.0 Å². The molecule has 4 aromatic rings. The highest BCUT2D eigenvalue weighted by Crippen LogP contribution is 2.35. The summed E-state index contributed by atoms with van der Waals surface area (Å²) >= 11 is 0. The number of nitrogens with zero attached hydrogens (tertiary/aromatic N) is 7. The van der Waals surface area contributed by atoms with E-state index in [9.17, 15) is 4.79 Å². The molecule has 2 N–H and O–H groups in total. The number of fused-ring (bicyclic) bond motifs is 1. The van der Waals surface area contributed by atoms with Crippen molar-refractivity contribution in [2.24, 2.45) is 0 Å². The molecule has 39 heavy (non-hydrogen) atoms. The molecule has 0 aliphatic carbocycles. The number of anilines is 1. The summed E-state index contributed by atoms with van der Waals surface area (Å²) in [6.07, 6.45) is 5.34. The molecular formula is C29H33FN8O. The quantitative estimate of drug-likeness (QED) is 0.418. The fourth-order valence-corrected chi connectivity index (χ4v) is 5.96. The lowest BCUT2D eigenvalue weighted by Crippen LogP contribution is -2.53. The van der Waals surface area contributed by atoms with Crippen molar-refractivity contribution in [2.75, 3.05) is 31.9 Å². The van der Waals surface area contributed by atoms with Gasteiger partial charge in [-0.25, -0.2) is 19.3 Å². The molecule has 2 aliphatic rings. The van der Waals surface area contributed by atoms with Gasteiger partial charge in [0, 0.05) is 69.7 Å². The molecule has 2 aliphatic heterocycles. The summed E-state index contributed by atoms with van der Waals surface area (Å²) < 4.78 is 18.1. The van der Waals surface area contributed by atoms with Crippen LogP contribution in [0.5, 0.6) is 0 Å². The van der Waals surface area contributed by atoms with Crippen molar-refractivity contribution in [1.29, 1.82) is 0 Å². The van der Waals surface area contributed by atoms with Gasteiger partial charge in [0.2, 0.25) is 0 Å². The largest absolute Gasteiger partial charge is 0.384 e. The van der Waals surface area contributed by atoms with E-state index in [1.165, 1.54) is 0 Å². The second kappa shape index (κ2) is 10.3. The minimum absolute atomic E-state index is 0.0969. The van der Waals surface area contributed by atoms with E-state index in [4.69, 9.17) is 10.7 Å². The molecule has 9 nitrogen and oxygen atoms in total. The third-order valence-corrected chi connectivity index (χ3v) is 7.93. The molecule has 6 heterocycles. The molecule has 1 amide bonds. The summed E-state index contributed by atoms with van der Waals surface area (Å²) in [6, 6.07) is 13.6. The average Bonchev–Trinajstić information content (AvgIpc) is 3.34. The molecular weight excluding hydrogens is 495 g/mol. The number of nitrogens with two attached hydrogens (primary N) is 1. The standard InChI is InChI=1S/C29H33FN8O/c1-20-17-21(18-25(31)34-20)19-36-15-9-29(30,10-16-36)28(39)37-13-7-22(8-14-37)38-26-24(6-4-12-33-26)35-27(38)23-5-2-3-11-32-23/h2-6,11-12,17-18,22H,7-10,13-16,19H2,1H3,(H2,31,34). The first-order valence-electron chi connectivity index (χ1n) is 13.6. The maximum atomic E-state index is 16.0. The molecule has 0 saturated carbocycles. The van der Waals surface area contributed by atoms with E-state index in [1.54, 1.807) is 17.3 Å². The average molecular weight is 529 g/mol. The van der Waals surface area contributed by atoms with Crippen LogP contribution in [0.3, 0.4) is 0 Å². The van der Waals surface area contributed by atoms with Gasteiger partial charge in [0.15, 0.2) is 17.1 Å². The first-order chi connectivity index (χ1) is 18.9. The maximum absolute atomic E-state index is 16.0. The second-order valence-electron chi connectivity index (χ2n) is 10.7. The molecule has 0 bridgehead atoms. The SMILES string of the molecule is Cc1cc(CN2CCC(F)(C(=O)N3CCC(n4c(-c5ccccn5)nc5cccnc54)CC3)CC2)cc(N)n1. The van der Waals surface area contributed by atoms with Crippen molar-refractivity contribution >= 4 is 22.9 Å². The number of halogens is 1. The molecule has 10 heteroatoms. The van der Waals surface area contributed by atoms with Crippen LogP contribution >= 0.6 is 0 Å². The molecule has 0 unspecified atom stereocenters. The number of rotatable bonds is 5. The monoisotopic (exact) mass is 528 g/mol. The zero-order valence-corrected chi connectivity index (χ0v) is 22.1. The van der Waals surface area contributed by atoms with E-state index in [0.717, 1.165) is 33.9 Å². The summed E-state index contributed by atoms with van der Waals surface area (Å²) in [7, 11) is 0. The minimum Gasteiger partial charge on any atom is -0.384 e. The predicted molar refractivity (Wildman–Crippen MR) is 147 cm³/mol. The Labute approximate surface area is 226 Å². The normalized spacial score (nSPS) is 18.5. The maximum Gasteiger partial charge on any atom is 0.260 e. The fourth-order valence-electron chi connectivity index (χ4n) is 5.96. The first kappa shape index (κ1) is 25.4. The van der Waals surface area contributed by atoms with Crippen LogP contribution in [0.15, 0.2) is 54.9 Å². The van der Waals surface area contributed by atoms with Gasteiger partial charge in [-0.05, 0) is 61.7 Å². The summed E-state index contributed by atoms with van der Waals surface area (Å²) in [4.78, 5) is 35.5. The Balaban J connectivity index is 1.11. The third kappa shape index (κ3) is 5.08. The van der Waals surface area contributed by atoms with Gasteiger partial charge in [0.05, 0.1) is 0 Å². The van der Waals surface area contributed by atoms with Crippen molar-refractivity contribution in [2.45, 2.75) is 50.9 Å². The zero-order chi connectivity index (χ0) is 27.0. The molecule has 0 radical (unpaired) electrons. The van der Waals surface area contributed by atoms with E-state index in [2.05, 4.69) is 24.4 Å². The molecule has 0 atom stereocenters. The van der Waals surface area contributed by atoms with Gasteiger partial charge in [0.25, 0.3) is 5.91 Å². The second-order valence-corrected chi connectivity index (χ2v) is 10.7. The number of aromatic nitrogens is 5. The van der Waals surface area contributed by atoms with Crippen molar-refractivity contribution in [3.05, 3.63) is 66.1 Å². The molecule has 4 aromatic heterocycles. The summed E-state index contributed by atoms with van der Waals surface area (Å²) in [5.41, 5.74) is 8.40. The third-order valence-electron chi connectivity index (χ3n) is 7.93. The number of alkyl halides is 1. The van der Waals surface area contributed by atoms with Crippen molar-refractivity contribution in [1.82, 2.24) is 34.3 Å². The molecule has 2 saturated heterocycles. The highest BCUT2D eigenvalue weighted by molar-refractivity contribution is 5.85. The summed E-state index contributed by atoms with van der Waals surface area (Å²) in [6.45, 7) is 4.65. The van der Waals surface area contributed by atoms with Crippen molar-refractivity contribution < 1.29 is 9.18 Å². The number of likely N-dealkylation sites (tertiary alicyclic amines) is 2. The smallest absolute Gasteiger partial charge is 0.260 e. The number of pyridine rings is 3. The lowest BCUT2D eigenvalue weighted by atomic mass is 9.90. The molecule has 0 spiro atoms. The van der Waals surface area contributed by atoms with Gasteiger partial charge >= 0.3 is 0 Å². The number of piperidine rings is 2. The van der Waals surface area contributed by atoms with Gasteiger partial charge in [-0.1, -0.05) is 6.07 Å². The number of carbonyl (C=O) groups excluding carboxylic acids is 1. The van der Waals surface area contributed by atoms with Crippen LogP contribution in [-0.2, 0) is 11.3 Å². The molecule has 2 fully saturated rings. The Morgan fingerprint density at radius 2 is 1.79 bits per heavy atom. The highest BCUT2D eigenvalue weighted by atomic mass is 19.1. The Bertz CT molecular complexity index is 1450. The van der Waals surface area contributed by atoms with Gasteiger partial charge in [-0.2, -0.15) is 0 Å². The number of nitrogen functional groups attached to an aromatic ring is 1. The number of amides is 1. The van der Waals surface area contributed by atoms with Crippen molar-refractivity contribution in [3.8, 4) is 11.5 Å². The van der Waals surface area contributed by atoms with E-state index >= 15 is 4.39 Å². The molecule has 6 rings (SSSR count). The lowest BCUT2D eigenvalue weighted by molar-refractivity contribution is -0.148. The Morgan fingerprint density at radius 1 is 1.03 bits per heavy atom. The Kier molecular flexibility index (Phi) is 6.72. The zero-order valence-electron chi connectivity index (χ0n) is 22.1. The van der Waals surface area contributed by atoms with E-state index in [-0.39, 0.29) is 24.8 Å². The Hall–Kier alpha value is -3.92. The summed E-state index contributed by atoms with van der Waals surface area (Å²) in [5, 5.41) is 0. The van der Waals surface area contributed by atoms with E-state index in [1.807, 2.05) is 49.4 Å². The topological polar surface area (TPSA) is 106 Å². The number of hydrogen-bond acceptors (Lipinski definition) is 7. The Morgan fingerprint density at radius 3 is 2.51 bits per heavy atom. The number of hydrogen-bond donors (Lipinski definition) is 1. The van der Waals surface area contributed by atoms with Crippen LogP contribution in [0, 0.1) is 6.92 Å². The van der Waals surface area contributed by atoms with Crippen LogP contribution in [0.4, 0.5) is 10.2 Å². The van der Waals surface area contributed by atoms with Gasteiger partial charge in [-0.15, -0.1) is 0 Å². The summed E-state index contributed by atoms with van der Waals surface area (Å²) in [5.74, 6) is 0.893. The first-order valence-corrected chi connectivity index (χ1v) is 13.6. The van der Waals surface area contributed by atoms with Gasteiger partial charge < -0.3 is 15.2 Å². The van der Waals surface area contributed by atoms with Crippen LogP contribution in [0.2, 0.25) is 0 Å². The number of aryl methyl sites for hydroxylation is 1. The van der Waals surface area contributed by atoms with Crippen LogP contribution in [0.1, 0.15) is 43.0 Å². The van der Waals surface area contributed by atoms with E-state index in [0.29, 0.717) is 51.4 Å². The van der Waals surface area contributed by atoms with Crippen LogP contribution < -0.4 is 5.73 Å². The van der Waals surface area contributed by atoms with Crippen LogP contribution in [0.25, 0.3) is 22.7 Å². The van der Waals surface area contributed by atoms with E-state index < -0.39 is 5.67 Å². The lowest BCUT2D eigenvalue weighted by Gasteiger charge is -2.40. The molecule has 202 valence electrons. The predicted octanol–water partition coefficient (Wildman–Crippen LogP) is 3.95. The minimum atomic E-state index is -1.82. The fraction of sp³-hybridized carbons (Fsp3) is 0.414. The van der Waals surface area contributed by atoms with Gasteiger partial charge in [-0.3, -0.25) is 14.7 Å². The van der Waals surface area contributed by atoms with Crippen molar-refractivity contribution in [3.63, 3.8) is 0 Å². The highest BCUT2D eigenvalue weighted by Gasteiger charge is 2.45.